The fraction of sp³-hybridized carbons (Fsp3) is 0.333. The average molecular weight is 337 g/mol. The summed E-state index contributed by atoms with van der Waals surface area (Å²) in [4.78, 5) is 12.6. The molecule has 25 heavy (non-hydrogen) atoms. The quantitative estimate of drug-likeness (QED) is 0.731. The number of Topliss-reactive ketones (excluding diaryl/α,β-unsaturated/α-hetero) is 1. The van der Waals surface area contributed by atoms with Gasteiger partial charge in [0.2, 0.25) is 0 Å². The predicted molar refractivity (Wildman–Crippen MR) is 97.5 cm³/mol. The number of aryl methyl sites for hydroxylation is 1. The molecule has 4 nitrogen and oxygen atoms in total. The van der Waals surface area contributed by atoms with E-state index in [1.54, 1.807) is 18.2 Å². The summed E-state index contributed by atoms with van der Waals surface area (Å²) >= 11 is 0. The first-order valence-corrected chi connectivity index (χ1v) is 8.29. The Morgan fingerprint density at radius 2 is 1.72 bits per heavy atom. The van der Waals surface area contributed by atoms with Crippen molar-refractivity contribution in [3.8, 4) is 17.6 Å². The van der Waals surface area contributed by atoms with Crippen LogP contribution in [0.25, 0.3) is 0 Å². The molecule has 0 bridgehead atoms. The third-order valence-corrected chi connectivity index (χ3v) is 4.51. The number of ether oxygens (including phenoxy) is 2. The minimum absolute atomic E-state index is 0.0736. The molecule has 0 spiro atoms. The van der Waals surface area contributed by atoms with Crippen LogP contribution in [0.3, 0.4) is 0 Å². The predicted octanol–water partition coefficient (Wildman–Crippen LogP) is 4.45. The molecule has 0 heterocycles. The van der Waals surface area contributed by atoms with Crippen LogP contribution in [0.1, 0.15) is 45.1 Å². The maximum absolute atomic E-state index is 12.6. The maximum Gasteiger partial charge on any atom is 0.200 e. The highest BCUT2D eigenvalue weighted by molar-refractivity contribution is 5.99. The second-order valence-corrected chi connectivity index (χ2v) is 6.03. The molecule has 0 unspecified atom stereocenters. The molecule has 130 valence electrons. The highest BCUT2D eigenvalue weighted by atomic mass is 16.5. The molecule has 2 rings (SSSR count). The van der Waals surface area contributed by atoms with E-state index in [1.165, 1.54) is 5.56 Å². The Balaban J connectivity index is 2.22. The molecule has 0 radical (unpaired) electrons. The highest BCUT2D eigenvalue weighted by Gasteiger charge is 2.15. The lowest BCUT2D eigenvalue weighted by Gasteiger charge is -2.15. The SMILES string of the molecule is CCOc1cc(C#N)ccc1OCC(=O)c1cc(C)c(C)c(C)c1C. The van der Waals surface area contributed by atoms with Gasteiger partial charge in [0.05, 0.1) is 18.2 Å². The molecule has 0 fully saturated rings. The van der Waals surface area contributed by atoms with Crippen LogP contribution in [-0.2, 0) is 0 Å². The summed E-state index contributed by atoms with van der Waals surface area (Å²) in [7, 11) is 0. The van der Waals surface area contributed by atoms with E-state index in [9.17, 15) is 4.79 Å². The Hall–Kier alpha value is -2.80. The van der Waals surface area contributed by atoms with Crippen LogP contribution in [0.15, 0.2) is 24.3 Å². The van der Waals surface area contributed by atoms with E-state index >= 15 is 0 Å². The minimum Gasteiger partial charge on any atom is -0.490 e. The van der Waals surface area contributed by atoms with Gasteiger partial charge >= 0.3 is 0 Å². The van der Waals surface area contributed by atoms with E-state index in [0.29, 0.717) is 29.2 Å². The number of nitrogens with zero attached hydrogens (tertiary/aromatic N) is 1. The fourth-order valence-electron chi connectivity index (χ4n) is 2.69. The summed E-state index contributed by atoms with van der Waals surface area (Å²) in [5.41, 5.74) is 5.61. The van der Waals surface area contributed by atoms with Crippen molar-refractivity contribution in [1.29, 1.82) is 5.26 Å². The van der Waals surface area contributed by atoms with Crippen LogP contribution < -0.4 is 9.47 Å². The summed E-state index contributed by atoms with van der Waals surface area (Å²) in [5.74, 6) is 0.866. The number of carbonyl (C=O) groups excluding carboxylic acids is 1. The Kier molecular flexibility index (Phi) is 5.82. The average Bonchev–Trinajstić information content (AvgIpc) is 2.61. The van der Waals surface area contributed by atoms with Crippen molar-refractivity contribution in [1.82, 2.24) is 0 Å². The summed E-state index contributed by atoms with van der Waals surface area (Å²) in [6, 6.07) is 8.92. The van der Waals surface area contributed by atoms with E-state index in [2.05, 4.69) is 13.0 Å². The molecule has 4 heteroatoms. The maximum atomic E-state index is 12.6. The van der Waals surface area contributed by atoms with Crippen molar-refractivity contribution in [2.75, 3.05) is 13.2 Å². The minimum atomic E-state index is -0.0746. The van der Waals surface area contributed by atoms with E-state index in [0.717, 1.165) is 16.7 Å². The van der Waals surface area contributed by atoms with Crippen molar-refractivity contribution in [2.45, 2.75) is 34.6 Å². The number of rotatable bonds is 6. The first-order valence-electron chi connectivity index (χ1n) is 8.29. The number of benzene rings is 2. The van der Waals surface area contributed by atoms with Crippen molar-refractivity contribution < 1.29 is 14.3 Å². The van der Waals surface area contributed by atoms with Crippen LogP contribution >= 0.6 is 0 Å². The third-order valence-electron chi connectivity index (χ3n) is 4.51. The van der Waals surface area contributed by atoms with E-state index in [-0.39, 0.29) is 12.4 Å². The van der Waals surface area contributed by atoms with Gasteiger partial charge in [-0.2, -0.15) is 5.26 Å². The number of nitriles is 1. The van der Waals surface area contributed by atoms with Gasteiger partial charge in [0.15, 0.2) is 23.9 Å². The van der Waals surface area contributed by atoms with Gasteiger partial charge in [-0.1, -0.05) is 0 Å². The molecule has 2 aromatic rings. The number of ketones is 1. The monoisotopic (exact) mass is 337 g/mol. The van der Waals surface area contributed by atoms with Gasteiger partial charge in [0, 0.05) is 11.6 Å². The lowest BCUT2D eigenvalue weighted by Crippen LogP contribution is -2.15. The Labute approximate surface area is 149 Å². The Morgan fingerprint density at radius 1 is 1.00 bits per heavy atom. The molecule has 0 aliphatic carbocycles. The summed E-state index contributed by atoms with van der Waals surface area (Å²) in [6.45, 7) is 10.3. The fourth-order valence-corrected chi connectivity index (χ4v) is 2.69. The Morgan fingerprint density at radius 3 is 2.36 bits per heavy atom. The molecule has 0 aromatic heterocycles. The molecule has 0 saturated heterocycles. The Bertz CT molecular complexity index is 847. The first kappa shape index (κ1) is 18.5. The molecule has 0 atom stereocenters. The van der Waals surface area contributed by atoms with Crippen molar-refractivity contribution in [3.63, 3.8) is 0 Å². The largest absolute Gasteiger partial charge is 0.490 e. The van der Waals surface area contributed by atoms with E-state index < -0.39 is 0 Å². The molecular weight excluding hydrogens is 314 g/mol. The summed E-state index contributed by atoms with van der Waals surface area (Å²) < 4.78 is 11.2. The van der Waals surface area contributed by atoms with Gasteiger partial charge in [0.25, 0.3) is 0 Å². The van der Waals surface area contributed by atoms with Gasteiger partial charge in [-0.05, 0) is 75.1 Å². The zero-order valence-electron chi connectivity index (χ0n) is 15.4. The topological polar surface area (TPSA) is 59.3 Å². The molecule has 2 aromatic carbocycles. The van der Waals surface area contributed by atoms with Gasteiger partial charge in [0.1, 0.15) is 0 Å². The highest BCUT2D eigenvalue weighted by Crippen LogP contribution is 2.29. The first-order chi connectivity index (χ1) is 11.9. The standard InChI is InChI=1S/C21H23NO3/c1-6-24-21-10-17(11-22)7-8-20(21)25-12-19(23)18-9-13(2)14(3)15(4)16(18)5/h7-10H,6,12H2,1-5H3. The van der Waals surface area contributed by atoms with Gasteiger partial charge < -0.3 is 9.47 Å². The normalized spacial score (nSPS) is 10.2. The van der Waals surface area contributed by atoms with Gasteiger partial charge in [-0.15, -0.1) is 0 Å². The summed E-state index contributed by atoms with van der Waals surface area (Å²) in [6.07, 6.45) is 0. The van der Waals surface area contributed by atoms with Crippen molar-refractivity contribution in [3.05, 3.63) is 57.6 Å². The van der Waals surface area contributed by atoms with Crippen LogP contribution in [0.4, 0.5) is 0 Å². The molecule has 0 amide bonds. The molecule has 0 aliphatic heterocycles. The smallest absolute Gasteiger partial charge is 0.200 e. The van der Waals surface area contributed by atoms with Crippen LogP contribution in [0.2, 0.25) is 0 Å². The van der Waals surface area contributed by atoms with Gasteiger partial charge in [-0.3, -0.25) is 4.79 Å². The second-order valence-electron chi connectivity index (χ2n) is 6.03. The lowest BCUT2D eigenvalue weighted by molar-refractivity contribution is 0.0918. The number of hydrogen-bond acceptors (Lipinski definition) is 4. The van der Waals surface area contributed by atoms with Gasteiger partial charge in [-0.25, -0.2) is 0 Å². The zero-order chi connectivity index (χ0) is 18.6. The second kappa shape index (κ2) is 7.85. The third kappa shape index (κ3) is 4.00. The van der Waals surface area contributed by atoms with Crippen LogP contribution in [-0.4, -0.2) is 19.0 Å². The van der Waals surface area contributed by atoms with Crippen molar-refractivity contribution in [2.24, 2.45) is 0 Å². The zero-order valence-corrected chi connectivity index (χ0v) is 15.4. The molecule has 0 saturated carbocycles. The van der Waals surface area contributed by atoms with Crippen molar-refractivity contribution >= 4 is 5.78 Å². The molecule has 0 aliphatic rings. The number of hydrogen-bond donors (Lipinski definition) is 0. The van der Waals surface area contributed by atoms with E-state index in [1.807, 2.05) is 33.8 Å². The van der Waals surface area contributed by atoms with Crippen LogP contribution in [0, 0.1) is 39.0 Å². The lowest BCUT2D eigenvalue weighted by atomic mass is 9.93. The van der Waals surface area contributed by atoms with Crippen LogP contribution in [0.5, 0.6) is 11.5 Å². The summed E-state index contributed by atoms with van der Waals surface area (Å²) in [5, 5.41) is 8.99. The van der Waals surface area contributed by atoms with E-state index in [4.69, 9.17) is 14.7 Å². The molecule has 0 N–H and O–H groups in total. The molecular formula is C21H23NO3. The number of carbonyl (C=O) groups is 1.